The lowest BCUT2D eigenvalue weighted by molar-refractivity contribution is -0.112. The molecular formula is C12H16O6S2. The van der Waals surface area contributed by atoms with Crippen LogP contribution in [-0.2, 0) is 23.4 Å². The standard InChI is InChI=1S/C12H16O6S2/c1-10-2-4-11(5-3-10)12(19-20(14,15)16)18-9-8-17-7-6-13/h2-6,12H,7-9H2,1H3,(H,14,15,16). The van der Waals surface area contributed by atoms with E-state index in [1.807, 2.05) is 19.1 Å². The van der Waals surface area contributed by atoms with Crippen LogP contribution in [0.1, 0.15) is 16.6 Å². The predicted molar refractivity (Wildman–Crippen MR) is 75.9 cm³/mol. The van der Waals surface area contributed by atoms with E-state index in [9.17, 15) is 13.2 Å². The van der Waals surface area contributed by atoms with Crippen molar-refractivity contribution in [2.24, 2.45) is 0 Å². The van der Waals surface area contributed by atoms with Crippen molar-refractivity contribution in [1.82, 2.24) is 0 Å². The number of aryl methyl sites for hydroxylation is 1. The first-order chi connectivity index (χ1) is 9.42. The van der Waals surface area contributed by atoms with Crippen LogP contribution in [-0.4, -0.2) is 39.1 Å². The van der Waals surface area contributed by atoms with Gasteiger partial charge >= 0.3 is 9.15 Å². The molecule has 0 fully saturated rings. The van der Waals surface area contributed by atoms with Crippen molar-refractivity contribution >= 4 is 26.2 Å². The molecule has 0 bridgehead atoms. The van der Waals surface area contributed by atoms with E-state index < -0.39 is 14.6 Å². The first-order valence-corrected chi connectivity index (χ1v) is 8.61. The molecule has 1 N–H and O–H groups in total. The van der Waals surface area contributed by atoms with Gasteiger partial charge in [-0.1, -0.05) is 29.8 Å². The van der Waals surface area contributed by atoms with Crippen molar-refractivity contribution in [2.75, 3.05) is 19.8 Å². The van der Waals surface area contributed by atoms with E-state index in [0.717, 1.165) is 5.56 Å². The summed E-state index contributed by atoms with van der Waals surface area (Å²) in [7, 11) is -3.93. The maximum atomic E-state index is 11.0. The second-order valence-corrected chi connectivity index (χ2v) is 7.20. The first-order valence-electron chi connectivity index (χ1n) is 5.77. The van der Waals surface area contributed by atoms with Crippen LogP contribution < -0.4 is 0 Å². The second kappa shape index (κ2) is 8.38. The van der Waals surface area contributed by atoms with Gasteiger partial charge in [-0.15, -0.1) is 0 Å². The molecule has 1 atom stereocenters. The average Bonchev–Trinajstić information content (AvgIpc) is 2.37. The van der Waals surface area contributed by atoms with Gasteiger partial charge in [-0.25, -0.2) is 0 Å². The highest BCUT2D eigenvalue weighted by molar-refractivity contribution is 8.69. The molecule has 112 valence electrons. The molecule has 1 aromatic carbocycles. The van der Waals surface area contributed by atoms with Gasteiger partial charge in [-0.05, 0) is 12.5 Å². The maximum Gasteiger partial charge on any atom is 0.322 e. The molecule has 0 aliphatic heterocycles. The molecule has 0 radical (unpaired) electrons. The molecule has 0 saturated carbocycles. The molecule has 0 aromatic heterocycles. The number of hydrogen-bond acceptors (Lipinski definition) is 6. The van der Waals surface area contributed by atoms with E-state index in [2.05, 4.69) is 0 Å². The Morgan fingerprint density at radius 1 is 1.30 bits per heavy atom. The third kappa shape index (κ3) is 7.01. The Morgan fingerprint density at radius 2 is 1.95 bits per heavy atom. The van der Waals surface area contributed by atoms with Crippen LogP contribution in [0, 0.1) is 6.92 Å². The van der Waals surface area contributed by atoms with Gasteiger partial charge < -0.3 is 14.3 Å². The topological polar surface area (TPSA) is 89.9 Å². The highest BCUT2D eigenvalue weighted by Gasteiger charge is 2.20. The van der Waals surface area contributed by atoms with Crippen LogP contribution in [0.5, 0.6) is 0 Å². The van der Waals surface area contributed by atoms with Gasteiger partial charge in [-0.2, -0.15) is 8.42 Å². The summed E-state index contributed by atoms with van der Waals surface area (Å²) in [6.07, 6.45) is 0.615. The average molecular weight is 320 g/mol. The number of benzene rings is 1. The Bertz CT molecular complexity index is 511. The summed E-state index contributed by atoms with van der Waals surface area (Å²) in [5.74, 6) is 0. The Labute approximate surface area is 121 Å². The van der Waals surface area contributed by atoms with Crippen molar-refractivity contribution in [3.63, 3.8) is 0 Å². The molecule has 0 spiro atoms. The molecule has 0 heterocycles. The number of ether oxygens (including phenoxy) is 2. The lowest BCUT2D eigenvalue weighted by atomic mass is 10.2. The van der Waals surface area contributed by atoms with Crippen LogP contribution >= 0.6 is 10.8 Å². The van der Waals surface area contributed by atoms with Crippen molar-refractivity contribution in [1.29, 1.82) is 0 Å². The summed E-state index contributed by atoms with van der Waals surface area (Å²) in [6, 6.07) is 7.09. The fraction of sp³-hybridized carbons (Fsp3) is 0.417. The smallest absolute Gasteiger partial charge is 0.322 e. The third-order valence-corrected chi connectivity index (χ3v) is 4.32. The van der Waals surface area contributed by atoms with E-state index in [-0.39, 0.29) is 19.8 Å². The molecule has 0 saturated heterocycles. The number of carbonyl (C=O) groups excluding carboxylic acids is 1. The van der Waals surface area contributed by atoms with Crippen molar-refractivity contribution in [3.8, 4) is 0 Å². The lowest BCUT2D eigenvalue weighted by Gasteiger charge is -2.16. The van der Waals surface area contributed by atoms with Crippen molar-refractivity contribution in [2.45, 2.75) is 12.4 Å². The molecule has 6 nitrogen and oxygen atoms in total. The molecular weight excluding hydrogens is 304 g/mol. The van der Waals surface area contributed by atoms with Crippen LogP contribution in [0.3, 0.4) is 0 Å². The minimum Gasteiger partial charge on any atom is -0.372 e. The lowest BCUT2D eigenvalue weighted by Crippen LogP contribution is -2.10. The summed E-state index contributed by atoms with van der Waals surface area (Å²) in [6.45, 7) is 2.13. The summed E-state index contributed by atoms with van der Waals surface area (Å²) in [5, 5.41) is 0. The zero-order valence-corrected chi connectivity index (χ0v) is 12.5. The van der Waals surface area contributed by atoms with E-state index >= 15 is 0 Å². The van der Waals surface area contributed by atoms with Crippen LogP contribution in [0.2, 0.25) is 0 Å². The molecule has 0 amide bonds. The second-order valence-electron chi connectivity index (χ2n) is 3.88. The third-order valence-electron chi connectivity index (χ3n) is 2.24. The molecule has 1 aromatic rings. The number of rotatable bonds is 9. The van der Waals surface area contributed by atoms with Crippen LogP contribution in [0.15, 0.2) is 24.3 Å². The van der Waals surface area contributed by atoms with Gasteiger partial charge in [0.2, 0.25) is 0 Å². The quantitative estimate of drug-likeness (QED) is 0.244. The summed E-state index contributed by atoms with van der Waals surface area (Å²) in [4.78, 5) is 10.1. The van der Waals surface area contributed by atoms with E-state index in [4.69, 9.17) is 14.0 Å². The Hall–Kier alpha value is -0.930. The highest BCUT2D eigenvalue weighted by Crippen LogP contribution is 2.33. The van der Waals surface area contributed by atoms with E-state index in [1.54, 1.807) is 12.1 Å². The van der Waals surface area contributed by atoms with Gasteiger partial charge in [0.15, 0.2) is 0 Å². The van der Waals surface area contributed by atoms with Gasteiger partial charge in [0, 0.05) is 10.8 Å². The Morgan fingerprint density at radius 3 is 2.50 bits per heavy atom. The Balaban J connectivity index is 2.65. The van der Waals surface area contributed by atoms with E-state index in [1.165, 1.54) is 0 Å². The predicted octanol–water partition coefficient (Wildman–Crippen LogP) is 1.76. The largest absolute Gasteiger partial charge is 0.372 e. The van der Waals surface area contributed by atoms with Gasteiger partial charge in [-0.3, -0.25) is 4.55 Å². The monoisotopic (exact) mass is 320 g/mol. The van der Waals surface area contributed by atoms with Crippen LogP contribution in [0.4, 0.5) is 0 Å². The summed E-state index contributed by atoms with van der Waals surface area (Å²) in [5.41, 5.74) is 0.790. The summed E-state index contributed by atoms with van der Waals surface area (Å²) >= 11 is 0. The summed E-state index contributed by atoms with van der Waals surface area (Å²) < 4.78 is 41.2. The minimum absolute atomic E-state index is 0.0377. The molecule has 1 rings (SSSR count). The molecule has 0 aliphatic carbocycles. The fourth-order valence-corrected chi connectivity index (χ4v) is 3.16. The normalized spacial score (nSPS) is 13.1. The number of carbonyl (C=O) groups is 1. The van der Waals surface area contributed by atoms with Crippen molar-refractivity contribution in [3.05, 3.63) is 35.4 Å². The Kier molecular flexibility index (Phi) is 7.17. The number of hydrogen-bond donors (Lipinski definition) is 1. The first kappa shape index (κ1) is 17.1. The fourth-order valence-electron chi connectivity index (χ4n) is 1.36. The highest BCUT2D eigenvalue weighted by atomic mass is 33.1. The van der Waals surface area contributed by atoms with E-state index in [0.29, 0.717) is 22.6 Å². The molecule has 20 heavy (non-hydrogen) atoms. The van der Waals surface area contributed by atoms with Crippen molar-refractivity contribution < 1.29 is 27.2 Å². The van der Waals surface area contributed by atoms with Gasteiger partial charge in [0.05, 0.1) is 13.2 Å². The van der Waals surface area contributed by atoms with Gasteiger partial charge in [0.1, 0.15) is 18.3 Å². The van der Waals surface area contributed by atoms with Gasteiger partial charge in [0.25, 0.3) is 0 Å². The molecule has 8 heteroatoms. The van der Waals surface area contributed by atoms with Crippen LogP contribution in [0.25, 0.3) is 0 Å². The zero-order valence-electron chi connectivity index (χ0n) is 10.9. The maximum absolute atomic E-state index is 11.0. The minimum atomic E-state index is -4.23. The SMILES string of the molecule is Cc1ccc(C(OCCOCC=O)SS(=O)(=O)O)cc1. The molecule has 1 unspecified atom stereocenters. The zero-order chi connectivity index (χ0) is 15.0. The number of aldehydes is 1. The molecule has 0 aliphatic rings.